The van der Waals surface area contributed by atoms with Gasteiger partial charge in [-0.05, 0) is 39.3 Å². The second kappa shape index (κ2) is 5.61. The maximum absolute atomic E-state index is 3.63. The Kier molecular flexibility index (Phi) is 4.74. The van der Waals surface area contributed by atoms with Gasteiger partial charge < -0.3 is 0 Å². The largest absolute Gasteiger partial charge is 0.300 e. The van der Waals surface area contributed by atoms with Crippen molar-refractivity contribution in [2.45, 2.75) is 58.0 Å². The van der Waals surface area contributed by atoms with E-state index in [1.807, 2.05) is 0 Å². The van der Waals surface area contributed by atoms with Crippen LogP contribution in [0.2, 0.25) is 0 Å². The highest BCUT2D eigenvalue weighted by molar-refractivity contribution is 4.82. The molecular formula is C11H24N2. The summed E-state index contributed by atoms with van der Waals surface area (Å²) in [6.07, 6.45) is 7.93. The summed E-state index contributed by atoms with van der Waals surface area (Å²) >= 11 is 0. The summed E-state index contributed by atoms with van der Waals surface area (Å²) in [5.74, 6) is 0. The van der Waals surface area contributed by atoms with Crippen molar-refractivity contribution in [3.05, 3.63) is 0 Å². The highest BCUT2D eigenvalue weighted by Gasteiger charge is 2.23. The van der Waals surface area contributed by atoms with E-state index in [2.05, 4.69) is 24.5 Å². The first kappa shape index (κ1) is 11.0. The first-order chi connectivity index (χ1) is 6.27. The minimum Gasteiger partial charge on any atom is -0.300 e. The SMILES string of the molecule is CCCCNC1(C)CCCCCN1. The van der Waals surface area contributed by atoms with Gasteiger partial charge in [-0.25, -0.2) is 0 Å². The molecule has 1 unspecified atom stereocenters. The average Bonchev–Trinajstić information content (AvgIpc) is 2.31. The molecule has 0 bridgehead atoms. The average molecular weight is 184 g/mol. The van der Waals surface area contributed by atoms with Crippen LogP contribution in [0.1, 0.15) is 52.4 Å². The molecule has 2 nitrogen and oxygen atoms in total. The Balaban J connectivity index is 2.25. The van der Waals surface area contributed by atoms with Crippen molar-refractivity contribution < 1.29 is 0 Å². The number of unbranched alkanes of at least 4 members (excludes halogenated alkanes) is 1. The van der Waals surface area contributed by atoms with Gasteiger partial charge in [0.05, 0.1) is 5.66 Å². The highest BCUT2D eigenvalue weighted by Crippen LogP contribution is 2.15. The minimum absolute atomic E-state index is 0.214. The van der Waals surface area contributed by atoms with Crippen LogP contribution in [0, 0.1) is 0 Å². The van der Waals surface area contributed by atoms with Gasteiger partial charge in [-0.2, -0.15) is 0 Å². The Hall–Kier alpha value is -0.0800. The van der Waals surface area contributed by atoms with Gasteiger partial charge in [-0.15, -0.1) is 0 Å². The van der Waals surface area contributed by atoms with Crippen LogP contribution in [0.5, 0.6) is 0 Å². The Morgan fingerprint density at radius 2 is 2.15 bits per heavy atom. The Labute approximate surface area is 82.5 Å². The van der Waals surface area contributed by atoms with E-state index in [4.69, 9.17) is 0 Å². The van der Waals surface area contributed by atoms with E-state index in [0.29, 0.717) is 0 Å². The highest BCUT2D eigenvalue weighted by atomic mass is 15.2. The van der Waals surface area contributed by atoms with Crippen molar-refractivity contribution in [3.8, 4) is 0 Å². The van der Waals surface area contributed by atoms with Crippen LogP contribution in [0.15, 0.2) is 0 Å². The van der Waals surface area contributed by atoms with Crippen LogP contribution in [0.25, 0.3) is 0 Å². The molecule has 1 aliphatic heterocycles. The summed E-state index contributed by atoms with van der Waals surface area (Å²) in [5.41, 5.74) is 0.214. The molecule has 0 amide bonds. The molecule has 0 aromatic rings. The van der Waals surface area contributed by atoms with Gasteiger partial charge >= 0.3 is 0 Å². The zero-order valence-corrected chi connectivity index (χ0v) is 9.16. The number of hydrogen-bond donors (Lipinski definition) is 2. The molecule has 0 aliphatic carbocycles. The Morgan fingerprint density at radius 1 is 1.31 bits per heavy atom. The molecule has 1 heterocycles. The van der Waals surface area contributed by atoms with Gasteiger partial charge in [0, 0.05) is 0 Å². The summed E-state index contributed by atoms with van der Waals surface area (Å²) in [5, 5.41) is 7.23. The van der Waals surface area contributed by atoms with Crippen molar-refractivity contribution in [2.75, 3.05) is 13.1 Å². The maximum atomic E-state index is 3.63. The van der Waals surface area contributed by atoms with Crippen molar-refractivity contribution in [3.63, 3.8) is 0 Å². The zero-order chi connectivity index (χ0) is 9.57. The summed E-state index contributed by atoms with van der Waals surface area (Å²) in [6.45, 7) is 6.87. The normalized spacial score (nSPS) is 30.0. The number of nitrogens with one attached hydrogen (secondary N) is 2. The molecule has 1 aliphatic rings. The number of hydrogen-bond acceptors (Lipinski definition) is 2. The molecule has 13 heavy (non-hydrogen) atoms. The van der Waals surface area contributed by atoms with Crippen LogP contribution < -0.4 is 10.6 Å². The van der Waals surface area contributed by atoms with Crippen molar-refractivity contribution in [2.24, 2.45) is 0 Å². The van der Waals surface area contributed by atoms with Gasteiger partial charge in [0.1, 0.15) is 0 Å². The van der Waals surface area contributed by atoms with Gasteiger partial charge in [0.2, 0.25) is 0 Å². The van der Waals surface area contributed by atoms with Crippen molar-refractivity contribution in [1.29, 1.82) is 0 Å². The second-order valence-corrected chi connectivity index (χ2v) is 4.35. The molecular weight excluding hydrogens is 160 g/mol. The molecule has 0 spiro atoms. The lowest BCUT2D eigenvalue weighted by molar-refractivity contribution is 0.274. The molecule has 1 fully saturated rings. The molecule has 78 valence electrons. The van der Waals surface area contributed by atoms with Gasteiger partial charge in [-0.1, -0.05) is 26.2 Å². The van der Waals surface area contributed by atoms with Gasteiger partial charge in [-0.3, -0.25) is 10.6 Å². The predicted octanol–water partition coefficient (Wildman–Crippen LogP) is 2.26. The topological polar surface area (TPSA) is 24.1 Å². The molecule has 1 atom stereocenters. The van der Waals surface area contributed by atoms with Crippen LogP contribution >= 0.6 is 0 Å². The standard InChI is InChI=1S/C11H24N2/c1-3-4-9-12-11(2)8-6-5-7-10-13-11/h12-13H,3-10H2,1-2H3. The van der Waals surface area contributed by atoms with Crippen molar-refractivity contribution >= 4 is 0 Å². The quantitative estimate of drug-likeness (QED) is 0.655. The lowest BCUT2D eigenvalue weighted by Crippen LogP contribution is -2.54. The molecule has 2 N–H and O–H groups in total. The molecule has 1 rings (SSSR count). The summed E-state index contributed by atoms with van der Waals surface area (Å²) in [4.78, 5) is 0. The van der Waals surface area contributed by atoms with E-state index < -0.39 is 0 Å². The molecule has 0 aromatic heterocycles. The van der Waals surface area contributed by atoms with Crippen LogP contribution in [-0.2, 0) is 0 Å². The molecule has 2 heteroatoms. The maximum Gasteiger partial charge on any atom is 0.0658 e. The predicted molar refractivity (Wildman–Crippen MR) is 57.8 cm³/mol. The van der Waals surface area contributed by atoms with E-state index in [1.165, 1.54) is 45.1 Å². The molecule has 0 aromatic carbocycles. The zero-order valence-electron chi connectivity index (χ0n) is 9.16. The number of rotatable bonds is 4. The summed E-state index contributed by atoms with van der Waals surface area (Å²) in [6, 6.07) is 0. The van der Waals surface area contributed by atoms with E-state index in [0.717, 1.165) is 6.54 Å². The van der Waals surface area contributed by atoms with Crippen LogP contribution in [-0.4, -0.2) is 18.8 Å². The monoisotopic (exact) mass is 184 g/mol. The fraction of sp³-hybridized carbons (Fsp3) is 1.00. The fourth-order valence-electron chi connectivity index (χ4n) is 1.92. The van der Waals surface area contributed by atoms with Crippen LogP contribution in [0.4, 0.5) is 0 Å². The summed E-state index contributed by atoms with van der Waals surface area (Å²) < 4.78 is 0. The van der Waals surface area contributed by atoms with Gasteiger partial charge in [0.25, 0.3) is 0 Å². The fourth-order valence-corrected chi connectivity index (χ4v) is 1.92. The second-order valence-electron chi connectivity index (χ2n) is 4.35. The lowest BCUT2D eigenvalue weighted by atomic mass is 10.1. The van der Waals surface area contributed by atoms with E-state index in [1.54, 1.807) is 0 Å². The van der Waals surface area contributed by atoms with E-state index in [-0.39, 0.29) is 5.66 Å². The minimum atomic E-state index is 0.214. The first-order valence-electron chi connectivity index (χ1n) is 5.77. The van der Waals surface area contributed by atoms with Crippen LogP contribution in [0.3, 0.4) is 0 Å². The summed E-state index contributed by atoms with van der Waals surface area (Å²) in [7, 11) is 0. The smallest absolute Gasteiger partial charge is 0.0658 e. The Bertz CT molecular complexity index is 126. The Morgan fingerprint density at radius 3 is 2.92 bits per heavy atom. The van der Waals surface area contributed by atoms with E-state index >= 15 is 0 Å². The molecule has 1 saturated heterocycles. The van der Waals surface area contributed by atoms with Gasteiger partial charge in [0.15, 0.2) is 0 Å². The third kappa shape index (κ3) is 4.10. The van der Waals surface area contributed by atoms with Crippen molar-refractivity contribution in [1.82, 2.24) is 10.6 Å². The first-order valence-corrected chi connectivity index (χ1v) is 5.77. The van der Waals surface area contributed by atoms with E-state index in [9.17, 15) is 0 Å². The molecule has 0 radical (unpaired) electrons. The molecule has 0 saturated carbocycles. The third-order valence-corrected chi connectivity index (χ3v) is 2.91. The lowest BCUT2D eigenvalue weighted by Gasteiger charge is -2.30. The third-order valence-electron chi connectivity index (χ3n) is 2.91.